The number of nitro groups is 1. The third-order valence-corrected chi connectivity index (χ3v) is 5.69. The van der Waals surface area contributed by atoms with E-state index in [1.54, 1.807) is 0 Å². The zero-order valence-electron chi connectivity index (χ0n) is 11.9. The Morgan fingerprint density at radius 2 is 2.19 bits per heavy atom. The van der Waals surface area contributed by atoms with E-state index < -0.39 is 14.9 Å². The molecule has 1 heterocycles. The molecule has 1 aliphatic rings. The molecule has 0 aliphatic carbocycles. The van der Waals surface area contributed by atoms with Crippen LogP contribution in [0.1, 0.15) is 26.2 Å². The van der Waals surface area contributed by atoms with Gasteiger partial charge in [-0.3, -0.25) is 10.1 Å². The molecule has 21 heavy (non-hydrogen) atoms. The lowest BCUT2D eigenvalue weighted by Crippen LogP contribution is -2.29. The predicted octanol–water partition coefficient (Wildman–Crippen LogP) is 1.99. The molecule has 2 rings (SSSR count). The summed E-state index contributed by atoms with van der Waals surface area (Å²) in [6.07, 6.45) is 2.82. The van der Waals surface area contributed by atoms with Gasteiger partial charge in [0, 0.05) is 25.2 Å². The van der Waals surface area contributed by atoms with Crippen LogP contribution in [-0.2, 0) is 10.0 Å². The van der Waals surface area contributed by atoms with Crippen molar-refractivity contribution in [2.24, 2.45) is 5.92 Å². The summed E-state index contributed by atoms with van der Waals surface area (Å²) < 4.78 is 26.6. The molecule has 0 amide bonds. The number of anilines is 1. The van der Waals surface area contributed by atoms with Gasteiger partial charge < -0.3 is 5.73 Å². The van der Waals surface area contributed by atoms with Gasteiger partial charge >= 0.3 is 0 Å². The van der Waals surface area contributed by atoms with Crippen molar-refractivity contribution in [1.29, 1.82) is 0 Å². The fourth-order valence-electron chi connectivity index (χ4n) is 2.66. The SMILES string of the molecule is CCCC1CCN(S(=O)(=O)c2cc([N+](=O)[O-])ccc2N)C1. The minimum absolute atomic E-state index is 0.0412. The highest BCUT2D eigenvalue weighted by Gasteiger charge is 2.34. The van der Waals surface area contributed by atoms with Crippen LogP contribution in [0.5, 0.6) is 0 Å². The first-order valence-electron chi connectivity index (χ1n) is 6.90. The van der Waals surface area contributed by atoms with Crippen LogP contribution in [-0.4, -0.2) is 30.7 Å². The summed E-state index contributed by atoms with van der Waals surface area (Å²) >= 11 is 0. The fraction of sp³-hybridized carbons (Fsp3) is 0.538. The first kappa shape index (κ1) is 15.7. The average molecular weight is 313 g/mol. The topological polar surface area (TPSA) is 107 Å². The molecule has 2 N–H and O–H groups in total. The third-order valence-electron chi connectivity index (χ3n) is 3.77. The Labute approximate surface area is 123 Å². The Morgan fingerprint density at radius 3 is 2.81 bits per heavy atom. The lowest BCUT2D eigenvalue weighted by atomic mass is 10.0. The molecule has 0 saturated carbocycles. The number of nitro benzene ring substituents is 1. The molecule has 1 unspecified atom stereocenters. The van der Waals surface area contributed by atoms with Gasteiger partial charge in [-0.15, -0.1) is 0 Å². The van der Waals surface area contributed by atoms with Gasteiger partial charge in [-0.1, -0.05) is 13.3 Å². The second-order valence-corrected chi connectivity index (χ2v) is 7.19. The second-order valence-electron chi connectivity index (χ2n) is 5.29. The first-order chi connectivity index (χ1) is 9.86. The summed E-state index contributed by atoms with van der Waals surface area (Å²) in [5.41, 5.74) is 5.48. The lowest BCUT2D eigenvalue weighted by molar-refractivity contribution is -0.385. The number of nitrogen functional groups attached to an aromatic ring is 1. The third kappa shape index (κ3) is 3.16. The van der Waals surface area contributed by atoms with Crippen LogP contribution >= 0.6 is 0 Å². The number of sulfonamides is 1. The van der Waals surface area contributed by atoms with E-state index in [9.17, 15) is 18.5 Å². The van der Waals surface area contributed by atoms with Crippen molar-refractivity contribution in [2.75, 3.05) is 18.8 Å². The number of nitrogens with two attached hydrogens (primary N) is 1. The van der Waals surface area contributed by atoms with E-state index in [1.807, 2.05) is 0 Å². The van der Waals surface area contributed by atoms with Gasteiger partial charge in [0.05, 0.1) is 10.6 Å². The second kappa shape index (κ2) is 5.98. The van der Waals surface area contributed by atoms with Crippen LogP contribution in [0.3, 0.4) is 0 Å². The highest BCUT2D eigenvalue weighted by Crippen LogP contribution is 2.31. The molecular weight excluding hydrogens is 294 g/mol. The van der Waals surface area contributed by atoms with Crippen LogP contribution in [0, 0.1) is 16.0 Å². The van der Waals surface area contributed by atoms with E-state index in [1.165, 1.54) is 16.4 Å². The summed E-state index contributed by atoms with van der Waals surface area (Å²) in [6.45, 7) is 2.96. The Kier molecular flexibility index (Phi) is 4.48. The maximum Gasteiger partial charge on any atom is 0.270 e. The monoisotopic (exact) mass is 313 g/mol. The van der Waals surface area contributed by atoms with Crippen molar-refractivity contribution in [3.05, 3.63) is 28.3 Å². The van der Waals surface area contributed by atoms with E-state index in [4.69, 9.17) is 5.73 Å². The van der Waals surface area contributed by atoms with Crippen molar-refractivity contribution >= 4 is 21.4 Å². The molecule has 1 saturated heterocycles. The Bertz CT molecular complexity index is 645. The predicted molar refractivity (Wildman–Crippen MR) is 79.3 cm³/mol. The number of rotatable bonds is 5. The van der Waals surface area contributed by atoms with E-state index in [2.05, 4.69) is 6.92 Å². The van der Waals surface area contributed by atoms with Crippen molar-refractivity contribution < 1.29 is 13.3 Å². The molecule has 1 aromatic rings. The van der Waals surface area contributed by atoms with Crippen molar-refractivity contribution in [3.8, 4) is 0 Å². The highest BCUT2D eigenvalue weighted by atomic mass is 32.2. The molecule has 1 fully saturated rings. The molecular formula is C13H19N3O4S. The van der Waals surface area contributed by atoms with Crippen molar-refractivity contribution in [1.82, 2.24) is 4.31 Å². The van der Waals surface area contributed by atoms with Gasteiger partial charge in [-0.05, 0) is 24.8 Å². The molecule has 0 aromatic heterocycles. The van der Waals surface area contributed by atoms with Crippen LogP contribution in [0.4, 0.5) is 11.4 Å². The van der Waals surface area contributed by atoms with Gasteiger partial charge in [-0.25, -0.2) is 8.42 Å². The maximum atomic E-state index is 12.6. The van der Waals surface area contributed by atoms with Crippen LogP contribution in [0.2, 0.25) is 0 Å². The normalized spacial score (nSPS) is 19.8. The quantitative estimate of drug-likeness (QED) is 0.508. The summed E-state index contributed by atoms with van der Waals surface area (Å²) in [5, 5.41) is 10.8. The van der Waals surface area contributed by atoms with Gasteiger partial charge in [-0.2, -0.15) is 4.31 Å². The molecule has 8 heteroatoms. The van der Waals surface area contributed by atoms with Gasteiger partial charge in [0.2, 0.25) is 10.0 Å². The number of nitrogens with zero attached hydrogens (tertiary/aromatic N) is 2. The first-order valence-corrected chi connectivity index (χ1v) is 8.34. The number of non-ortho nitro benzene ring substituents is 1. The number of hydrogen-bond acceptors (Lipinski definition) is 5. The maximum absolute atomic E-state index is 12.6. The van der Waals surface area contributed by atoms with Crippen molar-refractivity contribution in [2.45, 2.75) is 31.1 Å². The standard InChI is InChI=1S/C13H19N3O4S/c1-2-3-10-6-7-15(9-10)21(19,20)13-8-11(16(17)18)4-5-12(13)14/h4-5,8,10H,2-3,6-7,9,14H2,1H3. The Hall–Kier alpha value is -1.67. The van der Waals surface area contributed by atoms with Gasteiger partial charge in [0.25, 0.3) is 5.69 Å². The zero-order valence-corrected chi connectivity index (χ0v) is 12.7. The van der Waals surface area contributed by atoms with E-state index in [0.717, 1.165) is 25.3 Å². The van der Waals surface area contributed by atoms with Gasteiger partial charge in [0.1, 0.15) is 4.90 Å². The van der Waals surface area contributed by atoms with Crippen LogP contribution in [0.15, 0.2) is 23.1 Å². The van der Waals surface area contributed by atoms with Crippen LogP contribution < -0.4 is 5.73 Å². The molecule has 1 atom stereocenters. The van der Waals surface area contributed by atoms with Crippen molar-refractivity contribution in [3.63, 3.8) is 0 Å². The van der Waals surface area contributed by atoms with E-state index in [0.29, 0.717) is 19.0 Å². The summed E-state index contributed by atoms with van der Waals surface area (Å²) in [6, 6.07) is 3.51. The highest BCUT2D eigenvalue weighted by molar-refractivity contribution is 7.89. The fourth-order valence-corrected chi connectivity index (χ4v) is 4.32. The zero-order chi connectivity index (χ0) is 15.6. The Morgan fingerprint density at radius 1 is 1.48 bits per heavy atom. The average Bonchev–Trinajstić information content (AvgIpc) is 2.88. The summed E-state index contributed by atoms with van der Waals surface area (Å²) in [7, 11) is -3.77. The lowest BCUT2D eigenvalue weighted by Gasteiger charge is -2.17. The molecule has 0 bridgehead atoms. The van der Waals surface area contributed by atoms with Gasteiger partial charge in [0.15, 0.2) is 0 Å². The minimum Gasteiger partial charge on any atom is -0.398 e. The molecule has 1 aliphatic heterocycles. The number of benzene rings is 1. The largest absolute Gasteiger partial charge is 0.398 e. The molecule has 7 nitrogen and oxygen atoms in total. The molecule has 1 aromatic carbocycles. The summed E-state index contributed by atoms with van der Waals surface area (Å²) in [4.78, 5) is 10.0. The smallest absolute Gasteiger partial charge is 0.270 e. The Balaban J connectivity index is 2.32. The molecule has 0 radical (unpaired) electrons. The summed E-state index contributed by atoms with van der Waals surface area (Å²) in [5.74, 6) is 0.352. The van der Waals surface area contributed by atoms with Crippen LogP contribution in [0.25, 0.3) is 0 Å². The number of hydrogen-bond donors (Lipinski definition) is 1. The molecule has 116 valence electrons. The minimum atomic E-state index is -3.77. The molecule has 0 spiro atoms. The van der Waals surface area contributed by atoms with E-state index in [-0.39, 0.29) is 16.3 Å². The van der Waals surface area contributed by atoms with E-state index >= 15 is 0 Å².